The van der Waals surface area contributed by atoms with Crippen molar-refractivity contribution in [1.82, 2.24) is 19.3 Å². The highest BCUT2D eigenvalue weighted by Crippen LogP contribution is 2.21. The summed E-state index contributed by atoms with van der Waals surface area (Å²) in [6.45, 7) is 2.23. The van der Waals surface area contributed by atoms with Gasteiger partial charge in [0.25, 0.3) is 0 Å². The Morgan fingerprint density at radius 3 is 3.16 bits per heavy atom. The van der Waals surface area contributed by atoms with Crippen LogP contribution in [0, 0.1) is 0 Å². The van der Waals surface area contributed by atoms with Crippen LogP contribution in [0.1, 0.15) is 31.4 Å². The Morgan fingerprint density at radius 1 is 1.37 bits per heavy atom. The molecule has 1 atom stereocenters. The van der Waals surface area contributed by atoms with Crippen molar-refractivity contribution in [2.24, 2.45) is 0 Å². The molecule has 0 aromatic carbocycles. The second-order valence-corrected chi connectivity index (χ2v) is 5.19. The zero-order valence-electron chi connectivity index (χ0n) is 11.1. The van der Waals surface area contributed by atoms with E-state index in [0.29, 0.717) is 6.04 Å². The van der Waals surface area contributed by atoms with Crippen molar-refractivity contribution in [3.05, 3.63) is 30.4 Å². The lowest BCUT2D eigenvalue weighted by molar-refractivity contribution is 0.111. The number of piperidine rings is 1. The summed E-state index contributed by atoms with van der Waals surface area (Å²) in [5, 5.41) is 9.16. The van der Waals surface area contributed by atoms with Crippen molar-refractivity contribution in [3.63, 3.8) is 0 Å². The average Bonchev–Trinajstić information content (AvgIpc) is 2.83. The fraction of sp³-hybridized carbons (Fsp3) is 0.571. The number of likely N-dealkylation sites (tertiary alicyclic amines) is 1. The Bertz CT molecular complexity index is 504. The molecular weight excluding hydrogens is 240 g/mol. The first-order valence-corrected chi connectivity index (χ1v) is 7.00. The summed E-state index contributed by atoms with van der Waals surface area (Å²) in [4.78, 5) is 11.2. The van der Waals surface area contributed by atoms with Gasteiger partial charge in [-0.2, -0.15) is 0 Å². The third kappa shape index (κ3) is 2.77. The van der Waals surface area contributed by atoms with E-state index in [2.05, 4.69) is 14.9 Å². The number of hydrogen-bond donors (Lipinski definition) is 1. The normalized spacial score (nSPS) is 21.0. The van der Waals surface area contributed by atoms with Gasteiger partial charge in [-0.15, -0.1) is 0 Å². The number of aliphatic hydroxyl groups is 1. The van der Waals surface area contributed by atoms with Crippen LogP contribution >= 0.6 is 0 Å². The van der Waals surface area contributed by atoms with Crippen molar-refractivity contribution in [3.8, 4) is 0 Å². The van der Waals surface area contributed by atoms with Crippen molar-refractivity contribution >= 4 is 5.78 Å². The second kappa shape index (κ2) is 5.67. The minimum Gasteiger partial charge on any atom is -0.396 e. The fourth-order valence-corrected chi connectivity index (χ4v) is 2.91. The highest BCUT2D eigenvalue weighted by atomic mass is 16.3. The smallest absolute Gasteiger partial charge is 0.233 e. The van der Waals surface area contributed by atoms with Gasteiger partial charge in [-0.25, -0.2) is 9.97 Å². The number of imidazole rings is 1. The van der Waals surface area contributed by atoms with E-state index in [9.17, 15) is 0 Å². The summed E-state index contributed by atoms with van der Waals surface area (Å²) in [6.07, 6.45) is 10.4. The maximum atomic E-state index is 9.16. The number of aromatic nitrogens is 3. The molecule has 0 aliphatic carbocycles. The molecule has 1 fully saturated rings. The van der Waals surface area contributed by atoms with Gasteiger partial charge in [0.15, 0.2) is 0 Å². The fourth-order valence-electron chi connectivity index (χ4n) is 2.91. The molecule has 1 aliphatic rings. The molecule has 2 aromatic heterocycles. The monoisotopic (exact) mass is 260 g/mol. The zero-order chi connectivity index (χ0) is 13.1. The number of nitrogens with zero attached hydrogens (tertiary/aromatic N) is 4. The van der Waals surface area contributed by atoms with E-state index in [1.165, 1.54) is 19.3 Å². The molecule has 19 heavy (non-hydrogen) atoms. The number of hydrogen-bond acceptors (Lipinski definition) is 4. The highest BCUT2D eigenvalue weighted by Gasteiger charge is 2.22. The van der Waals surface area contributed by atoms with Gasteiger partial charge in [0, 0.05) is 37.8 Å². The van der Waals surface area contributed by atoms with Crippen LogP contribution in [0.5, 0.6) is 0 Å². The first-order chi connectivity index (χ1) is 9.36. The molecule has 1 aliphatic heterocycles. The molecule has 0 spiro atoms. The second-order valence-electron chi connectivity index (χ2n) is 5.19. The molecule has 1 unspecified atom stereocenters. The topological polar surface area (TPSA) is 53.7 Å². The van der Waals surface area contributed by atoms with Crippen LogP contribution in [-0.4, -0.2) is 43.6 Å². The van der Waals surface area contributed by atoms with Gasteiger partial charge in [-0.05, 0) is 31.9 Å². The van der Waals surface area contributed by atoms with Crippen LogP contribution in [0.2, 0.25) is 0 Å². The molecule has 2 aromatic rings. The molecule has 3 rings (SSSR count). The van der Waals surface area contributed by atoms with Crippen LogP contribution < -0.4 is 0 Å². The Hall–Kier alpha value is -1.46. The standard InChI is InChI=1S/C14H20N4O/c19-9-5-13-4-1-2-7-17(13)10-12-11-18-8-3-6-15-14(18)16-12/h3,6,8,11,13,19H,1-2,4-5,7,9-10H2. The Morgan fingerprint density at radius 2 is 2.32 bits per heavy atom. The average molecular weight is 260 g/mol. The van der Waals surface area contributed by atoms with Crippen molar-refractivity contribution in [2.45, 2.75) is 38.3 Å². The van der Waals surface area contributed by atoms with E-state index >= 15 is 0 Å². The molecule has 5 heteroatoms. The van der Waals surface area contributed by atoms with Gasteiger partial charge in [-0.1, -0.05) is 6.42 Å². The van der Waals surface area contributed by atoms with Gasteiger partial charge in [0.1, 0.15) is 0 Å². The summed E-state index contributed by atoms with van der Waals surface area (Å²) < 4.78 is 1.96. The van der Waals surface area contributed by atoms with Crippen LogP contribution in [0.25, 0.3) is 5.78 Å². The summed E-state index contributed by atoms with van der Waals surface area (Å²) in [5.74, 6) is 0.758. The van der Waals surface area contributed by atoms with E-state index in [1.807, 2.05) is 22.9 Å². The Labute approximate surface area is 112 Å². The predicted octanol–water partition coefficient (Wildman–Crippen LogP) is 1.47. The largest absolute Gasteiger partial charge is 0.396 e. The van der Waals surface area contributed by atoms with E-state index in [1.54, 1.807) is 6.20 Å². The lowest BCUT2D eigenvalue weighted by Crippen LogP contribution is -2.39. The van der Waals surface area contributed by atoms with Crippen molar-refractivity contribution < 1.29 is 5.11 Å². The van der Waals surface area contributed by atoms with E-state index in [4.69, 9.17) is 5.11 Å². The third-order valence-electron chi connectivity index (χ3n) is 3.86. The summed E-state index contributed by atoms with van der Waals surface area (Å²) in [5.41, 5.74) is 1.06. The zero-order valence-corrected chi connectivity index (χ0v) is 11.1. The third-order valence-corrected chi connectivity index (χ3v) is 3.86. The predicted molar refractivity (Wildman–Crippen MR) is 72.7 cm³/mol. The van der Waals surface area contributed by atoms with Gasteiger partial charge in [0.05, 0.1) is 5.69 Å². The van der Waals surface area contributed by atoms with Crippen LogP contribution in [-0.2, 0) is 6.54 Å². The van der Waals surface area contributed by atoms with Crippen LogP contribution in [0.4, 0.5) is 0 Å². The van der Waals surface area contributed by atoms with Crippen LogP contribution in [0.3, 0.4) is 0 Å². The quantitative estimate of drug-likeness (QED) is 0.904. The molecule has 0 bridgehead atoms. The number of aliphatic hydroxyl groups excluding tert-OH is 1. The molecule has 102 valence electrons. The van der Waals surface area contributed by atoms with E-state index < -0.39 is 0 Å². The van der Waals surface area contributed by atoms with Crippen LogP contribution in [0.15, 0.2) is 24.7 Å². The molecule has 5 nitrogen and oxygen atoms in total. The van der Waals surface area contributed by atoms with Gasteiger partial charge < -0.3 is 5.11 Å². The maximum Gasteiger partial charge on any atom is 0.233 e. The van der Waals surface area contributed by atoms with Gasteiger partial charge >= 0.3 is 0 Å². The van der Waals surface area contributed by atoms with Crippen molar-refractivity contribution in [2.75, 3.05) is 13.2 Å². The first kappa shape index (κ1) is 12.6. The maximum absolute atomic E-state index is 9.16. The number of fused-ring (bicyclic) bond motifs is 1. The lowest BCUT2D eigenvalue weighted by Gasteiger charge is -2.34. The highest BCUT2D eigenvalue weighted by molar-refractivity contribution is 5.29. The Balaban J connectivity index is 1.75. The van der Waals surface area contributed by atoms with E-state index in [-0.39, 0.29) is 6.61 Å². The molecule has 0 saturated carbocycles. The summed E-state index contributed by atoms with van der Waals surface area (Å²) in [6, 6.07) is 2.41. The SMILES string of the molecule is OCCC1CCCCN1Cc1cn2cccnc2n1. The minimum atomic E-state index is 0.272. The molecular formula is C14H20N4O. The lowest BCUT2D eigenvalue weighted by atomic mass is 9.99. The first-order valence-electron chi connectivity index (χ1n) is 7.00. The van der Waals surface area contributed by atoms with Crippen molar-refractivity contribution in [1.29, 1.82) is 0 Å². The minimum absolute atomic E-state index is 0.272. The van der Waals surface area contributed by atoms with Gasteiger partial charge in [-0.3, -0.25) is 9.30 Å². The molecule has 0 amide bonds. The Kier molecular flexibility index (Phi) is 3.75. The molecule has 0 radical (unpaired) electrons. The molecule has 1 saturated heterocycles. The van der Waals surface area contributed by atoms with Gasteiger partial charge in [0.2, 0.25) is 5.78 Å². The summed E-state index contributed by atoms with van der Waals surface area (Å²) in [7, 11) is 0. The van der Waals surface area contributed by atoms with E-state index in [0.717, 1.165) is 31.0 Å². The summed E-state index contributed by atoms with van der Waals surface area (Å²) >= 11 is 0. The molecule has 3 heterocycles. The molecule has 1 N–H and O–H groups in total. The number of rotatable bonds is 4.